The van der Waals surface area contributed by atoms with Gasteiger partial charge in [0.2, 0.25) is 0 Å². The summed E-state index contributed by atoms with van der Waals surface area (Å²) in [6, 6.07) is 7.73. The van der Waals surface area contributed by atoms with Crippen LogP contribution in [0.4, 0.5) is 0 Å². The van der Waals surface area contributed by atoms with Crippen molar-refractivity contribution in [2.45, 2.75) is 12.5 Å². The molecule has 3 N–H and O–H groups in total. The number of hydrazine groups is 1. The first-order valence-corrected chi connectivity index (χ1v) is 6.30. The molecule has 0 spiro atoms. The predicted molar refractivity (Wildman–Crippen MR) is 71.6 cm³/mol. The highest BCUT2D eigenvalue weighted by Gasteiger charge is 2.12. The van der Waals surface area contributed by atoms with Gasteiger partial charge in [-0.15, -0.1) is 0 Å². The standard InChI is InChI=1S/C12H12BrClN2O/c13-10-2-1-9(6-11(10)14)12(16-15)5-8-3-4-17-7-8/h1-4,6-7,12,16H,5,15H2. The zero-order chi connectivity index (χ0) is 12.3. The Kier molecular flexibility index (Phi) is 4.23. The number of nitrogens with two attached hydrogens (primary N) is 1. The van der Waals surface area contributed by atoms with E-state index in [0.29, 0.717) is 5.02 Å². The molecule has 0 aliphatic rings. The predicted octanol–water partition coefficient (Wildman–Crippen LogP) is 3.44. The highest BCUT2D eigenvalue weighted by Crippen LogP contribution is 2.27. The molecule has 0 saturated carbocycles. The number of hydrogen-bond acceptors (Lipinski definition) is 3. The minimum absolute atomic E-state index is 0.0122. The molecule has 17 heavy (non-hydrogen) atoms. The van der Waals surface area contributed by atoms with Crippen LogP contribution in [0.25, 0.3) is 0 Å². The average Bonchev–Trinajstić information content (AvgIpc) is 2.82. The summed E-state index contributed by atoms with van der Waals surface area (Å²) in [6.07, 6.45) is 4.12. The Balaban J connectivity index is 2.20. The van der Waals surface area contributed by atoms with Gasteiger partial charge in [0.15, 0.2) is 0 Å². The Hall–Kier alpha value is -0.810. The van der Waals surface area contributed by atoms with Crippen molar-refractivity contribution in [2.75, 3.05) is 0 Å². The molecular formula is C12H12BrClN2O. The molecule has 0 saturated heterocycles. The summed E-state index contributed by atoms with van der Waals surface area (Å²) in [5.74, 6) is 5.57. The van der Waals surface area contributed by atoms with Gasteiger partial charge in [0, 0.05) is 4.47 Å². The van der Waals surface area contributed by atoms with Crippen molar-refractivity contribution in [1.82, 2.24) is 5.43 Å². The van der Waals surface area contributed by atoms with E-state index in [2.05, 4.69) is 21.4 Å². The Morgan fingerprint density at radius 3 is 2.82 bits per heavy atom. The maximum Gasteiger partial charge on any atom is 0.0935 e. The Morgan fingerprint density at radius 1 is 1.41 bits per heavy atom. The van der Waals surface area contributed by atoms with Crippen LogP contribution in [0.3, 0.4) is 0 Å². The fourth-order valence-corrected chi connectivity index (χ4v) is 2.08. The van der Waals surface area contributed by atoms with Gasteiger partial charge in [-0.1, -0.05) is 17.7 Å². The van der Waals surface area contributed by atoms with E-state index < -0.39 is 0 Å². The maximum atomic E-state index is 6.06. The van der Waals surface area contributed by atoms with Crippen molar-refractivity contribution in [3.63, 3.8) is 0 Å². The highest BCUT2D eigenvalue weighted by atomic mass is 79.9. The van der Waals surface area contributed by atoms with Crippen molar-refractivity contribution >= 4 is 27.5 Å². The molecule has 2 aromatic rings. The quantitative estimate of drug-likeness (QED) is 0.671. The van der Waals surface area contributed by atoms with Crippen molar-refractivity contribution in [3.8, 4) is 0 Å². The fraction of sp³-hybridized carbons (Fsp3) is 0.167. The minimum atomic E-state index is 0.0122. The first kappa shape index (κ1) is 12.6. The van der Waals surface area contributed by atoms with Crippen molar-refractivity contribution in [3.05, 3.63) is 57.4 Å². The fourth-order valence-electron chi connectivity index (χ4n) is 1.65. The van der Waals surface area contributed by atoms with Crippen LogP contribution in [0.5, 0.6) is 0 Å². The molecule has 0 bridgehead atoms. The Bertz CT molecular complexity index is 487. The van der Waals surface area contributed by atoms with Gasteiger partial charge in [-0.3, -0.25) is 11.3 Å². The van der Waals surface area contributed by atoms with Crippen molar-refractivity contribution in [1.29, 1.82) is 0 Å². The minimum Gasteiger partial charge on any atom is -0.472 e. The third kappa shape index (κ3) is 3.10. The first-order chi connectivity index (χ1) is 8.20. The second-order valence-electron chi connectivity index (χ2n) is 3.73. The van der Waals surface area contributed by atoms with Gasteiger partial charge in [-0.05, 0) is 51.7 Å². The van der Waals surface area contributed by atoms with Crippen LogP contribution in [-0.2, 0) is 6.42 Å². The Morgan fingerprint density at radius 2 is 2.24 bits per heavy atom. The third-order valence-corrected chi connectivity index (χ3v) is 3.80. The lowest BCUT2D eigenvalue weighted by Gasteiger charge is -2.16. The number of halogens is 2. The molecule has 90 valence electrons. The second kappa shape index (κ2) is 5.69. The lowest BCUT2D eigenvalue weighted by atomic mass is 10.0. The molecule has 1 aromatic heterocycles. The average molecular weight is 316 g/mol. The molecule has 5 heteroatoms. The lowest BCUT2D eigenvalue weighted by Crippen LogP contribution is -2.29. The number of hydrogen-bond donors (Lipinski definition) is 2. The van der Waals surface area contributed by atoms with Crippen molar-refractivity contribution in [2.24, 2.45) is 5.84 Å². The molecule has 1 unspecified atom stereocenters. The van der Waals surface area contributed by atoms with Crippen LogP contribution < -0.4 is 11.3 Å². The first-order valence-electron chi connectivity index (χ1n) is 5.13. The summed E-state index contributed by atoms with van der Waals surface area (Å²) < 4.78 is 5.91. The van der Waals surface area contributed by atoms with E-state index in [1.807, 2.05) is 24.3 Å². The van der Waals surface area contributed by atoms with Gasteiger partial charge >= 0.3 is 0 Å². The topological polar surface area (TPSA) is 51.2 Å². The maximum absolute atomic E-state index is 6.06. The number of nitrogens with one attached hydrogen (secondary N) is 1. The van der Waals surface area contributed by atoms with Crippen molar-refractivity contribution < 1.29 is 4.42 Å². The smallest absolute Gasteiger partial charge is 0.0935 e. The molecular weight excluding hydrogens is 304 g/mol. The van der Waals surface area contributed by atoms with E-state index in [4.69, 9.17) is 21.9 Å². The number of rotatable bonds is 4. The van der Waals surface area contributed by atoms with E-state index in [9.17, 15) is 0 Å². The number of furan rings is 1. The van der Waals surface area contributed by atoms with Crippen LogP contribution in [0.15, 0.2) is 45.7 Å². The van der Waals surface area contributed by atoms with Gasteiger partial charge in [0.1, 0.15) is 0 Å². The highest BCUT2D eigenvalue weighted by molar-refractivity contribution is 9.10. The van der Waals surface area contributed by atoms with Crippen LogP contribution in [-0.4, -0.2) is 0 Å². The molecule has 1 aromatic carbocycles. The van der Waals surface area contributed by atoms with E-state index in [1.54, 1.807) is 12.5 Å². The second-order valence-corrected chi connectivity index (χ2v) is 4.99. The van der Waals surface area contributed by atoms with Gasteiger partial charge < -0.3 is 4.42 Å². The molecule has 0 fully saturated rings. The molecule has 2 rings (SSSR count). The van der Waals surface area contributed by atoms with E-state index >= 15 is 0 Å². The Labute approximate surface area is 113 Å². The van der Waals surface area contributed by atoms with Gasteiger partial charge in [0.25, 0.3) is 0 Å². The molecule has 1 heterocycles. The van der Waals surface area contributed by atoms with E-state index in [0.717, 1.165) is 22.0 Å². The summed E-state index contributed by atoms with van der Waals surface area (Å²) in [5, 5.41) is 0.676. The normalized spacial score (nSPS) is 12.6. The van der Waals surface area contributed by atoms with Crippen LogP contribution >= 0.6 is 27.5 Å². The van der Waals surface area contributed by atoms with Crippen LogP contribution in [0.1, 0.15) is 17.2 Å². The monoisotopic (exact) mass is 314 g/mol. The molecule has 3 nitrogen and oxygen atoms in total. The summed E-state index contributed by atoms with van der Waals surface area (Å²) in [6.45, 7) is 0. The number of benzene rings is 1. The third-order valence-electron chi connectivity index (χ3n) is 2.57. The van der Waals surface area contributed by atoms with E-state index in [-0.39, 0.29) is 6.04 Å². The summed E-state index contributed by atoms with van der Waals surface area (Å²) >= 11 is 9.43. The molecule has 0 aliphatic carbocycles. The summed E-state index contributed by atoms with van der Waals surface area (Å²) in [4.78, 5) is 0. The zero-order valence-electron chi connectivity index (χ0n) is 8.99. The molecule has 0 amide bonds. The SMILES string of the molecule is NNC(Cc1ccoc1)c1ccc(Br)c(Cl)c1. The molecule has 1 atom stereocenters. The van der Waals surface area contributed by atoms with Gasteiger partial charge in [0.05, 0.1) is 23.6 Å². The lowest BCUT2D eigenvalue weighted by molar-refractivity contribution is 0.536. The van der Waals surface area contributed by atoms with Gasteiger partial charge in [-0.2, -0.15) is 0 Å². The zero-order valence-corrected chi connectivity index (χ0v) is 11.3. The summed E-state index contributed by atoms with van der Waals surface area (Å²) in [7, 11) is 0. The molecule has 0 radical (unpaired) electrons. The van der Waals surface area contributed by atoms with E-state index in [1.165, 1.54) is 0 Å². The van der Waals surface area contributed by atoms with Gasteiger partial charge in [-0.25, -0.2) is 0 Å². The largest absolute Gasteiger partial charge is 0.472 e. The van der Waals surface area contributed by atoms with Crippen LogP contribution in [0, 0.1) is 0 Å². The molecule has 0 aliphatic heterocycles. The van der Waals surface area contributed by atoms with Crippen LogP contribution in [0.2, 0.25) is 5.02 Å². The summed E-state index contributed by atoms with van der Waals surface area (Å²) in [5.41, 5.74) is 4.92.